The van der Waals surface area contributed by atoms with Crippen molar-refractivity contribution >= 4 is 5.91 Å². The summed E-state index contributed by atoms with van der Waals surface area (Å²) in [4.78, 5) is 16.9. The van der Waals surface area contributed by atoms with Crippen LogP contribution in [0.1, 0.15) is 41.3 Å². The smallest absolute Gasteiger partial charge is 0.220 e. The van der Waals surface area contributed by atoms with Crippen LogP contribution < -0.4 is 5.32 Å². The van der Waals surface area contributed by atoms with Crippen LogP contribution in [-0.4, -0.2) is 10.9 Å². The van der Waals surface area contributed by atoms with Crippen molar-refractivity contribution < 1.29 is 4.79 Å². The van der Waals surface area contributed by atoms with E-state index < -0.39 is 0 Å². The molecule has 0 bridgehead atoms. The minimum atomic E-state index is -0.218. The lowest BCUT2D eigenvalue weighted by molar-refractivity contribution is -0.121. The van der Waals surface area contributed by atoms with Gasteiger partial charge in [-0.2, -0.15) is 0 Å². The molecule has 0 radical (unpaired) electrons. The van der Waals surface area contributed by atoms with Crippen LogP contribution in [0.25, 0.3) is 0 Å². The molecule has 1 aromatic heterocycles. The van der Waals surface area contributed by atoms with E-state index in [0.29, 0.717) is 6.42 Å². The number of rotatable bonds is 7. The molecule has 3 aromatic rings. The molecule has 3 nitrogen and oxygen atoms in total. The predicted molar refractivity (Wildman–Crippen MR) is 105 cm³/mol. The van der Waals surface area contributed by atoms with E-state index in [-0.39, 0.29) is 11.9 Å². The number of amides is 1. The van der Waals surface area contributed by atoms with Gasteiger partial charge in [0.1, 0.15) is 0 Å². The lowest BCUT2D eigenvalue weighted by Crippen LogP contribution is -2.29. The normalized spacial score (nSPS) is 11.7. The molecule has 0 saturated carbocycles. The summed E-state index contributed by atoms with van der Waals surface area (Å²) in [5.41, 5.74) is 4.42. The van der Waals surface area contributed by atoms with E-state index in [2.05, 4.69) is 41.5 Å². The molecular weight excluding hydrogens is 320 g/mol. The Kier molecular flexibility index (Phi) is 6.15. The molecule has 132 valence electrons. The van der Waals surface area contributed by atoms with E-state index in [1.165, 1.54) is 11.1 Å². The fraction of sp³-hybridized carbons (Fsp3) is 0.217. The maximum absolute atomic E-state index is 12.5. The van der Waals surface area contributed by atoms with E-state index in [1.54, 1.807) is 6.20 Å². The number of carbonyl (C=O) groups is 1. The van der Waals surface area contributed by atoms with Crippen molar-refractivity contribution in [2.45, 2.75) is 32.2 Å². The second-order valence-electron chi connectivity index (χ2n) is 6.50. The number of nitrogens with one attached hydrogen (secondary N) is 1. The highest BCUT2D eigenvalue weighted by molar-refractivity contribution is 5.76. The molecule has 1 atom stereocenters. The Bertz CT molecular complexity index is 774. The topological polar surface area (TPSA) is 42.0 Å². The Morgan fingerprint density at radius 2 is 1.69 bits per heavy atom. The monoisotopic (exact) mass is 344 g/mol. The largest absolute Gasteiger partial charge is 0.344 e. The van der Waals surface area contributed by atoms with Crippen molar-refractivity contribution in [1.82, 2.24) is 10.3 Å². The zero-order valence-corrected chi connectivity index (χ0v) is 15.1. The van der Waals surface area contributed by atoms with E-state index in [9.17, 15) is 4.79 Å². The molecule has 3 rings (SSSR count). The summed E-state index contributed by atoms with van der Waals surface area (Å²) >= 11 is 0. The zero-order chi connectivity index (χ0) is 18.2. The summed E-state index contributed by atoms with van der Waals surface area (Å²) in [6, 6.07) is 24.0. The summed E-state index contributed by atoms with van der Waals surface area (Å²) in [6.07, 6.45) is 4.00. The van der Waals surface area contributed by atoms with Gasteiger partial charge in [-0.25, -0.2) is 0 Å². The number of aryl methyl sites for hydroxylation is 2. The number of hydrogen-bond acceptors (Lipinski definition) is 2. The van der Waals surface area contributed by atoms with Gasteiger partial charge in [-0.3, -0.25) is 9.78 Å². The molecular formula is C23H24N2O. The predicted octanol–water partition coefficient (Wildman–Crippen LogP) is 4.62. The number of aromatic nitrogens is 1. The van der Waals surface area contributed by atoms with Crippen LogP contribution in [0.15, 0.2) is 79.0 Å². The van der Waals surface area contributed by atoms with Gasteiger partial charge in [-0.15, -0.1) is 0 Å². The summed E-state index contributed by atoms with van der Waals surface area (Å²) in [5.74, 6) is 0.0524. The lowest BCUT2D eigenvalue weighted by atomic mass is 10.0. The van der Waals surface area contributed by atoms with Crippen molar-refractivity contribution in [3.8, 4) is 0 Å². The molecule has 2 aromatic carbocycles. The average molecular weight is 344 g/mol. The maximum Gasteiger partial charge on any atom is 0.220 e. The quantitative estimate of drug-likeness (QED) is 0.679. The lowest BCUT2D eigenvalue weighted by Gasteiger charge is -2.19. The van der Waals surface area contributed by atoms with Crippen molar-refractivity contribution in [2.24, 2.45) is 0 Å². The number of pyridine rings is 1. The third-order valence-electron chi connectivity index (χ3n) is 4.41. The van der Waals surface area contributed by atoms with Gasteiger partial charge >= 0.3 is 0 Å². The van der Waals surface area contributed by atoms with Gasteiger partial charge in [0, 0.05) is 12.6 Å². The minimum absolute atomic E-state index is 0.0524. The van der Waals surface area contributed by atoms with Gasteiger partial charge in [-0.05, 0) is 43.0 Å². The van der Waals surface area contributed by atoms with Crippen LogP contribution in [0.5, 0.6) is 0 Å². The van der Waals surface area contributed by atoms with Gasteiger partial charge in [0.2, 0.25) is 5.91 Å². The third-order valence-corrected chi connectivity index (χ3v) is 4.41. The molecule has 0 aliphatic heterocycles. The van der Waals surface area contributed by atoms with Crippen LogP contribution in [0.3, 0.4) is 0 Å². The second-order valence-corrected chi connectivity index (χ2v) is 6.50. The molecule has 0 spiro atoms. The Morgan fingerprint density at radius 3 is 2.38 bits per heavy atom. The van der Waals surface area contributed by atoms with E-state index in [1.807, 2.05) is 48.5 Å². The highest BCUT2D eigenvalue weighted by atomic mass is 16.1. The summed E-state index contributed by atoms with van der Waals surface area (Å²) in [5, 5.41) is 3.14. The molecule has 3 heteroatoms. The number of carbonyl (C=O) groups excluding carboxylic acids is 1. The van der Waals surface area contributed by atoms with Crippen molar-refractivity contribution in [3.63, 3.8) is 0 Å². The molecule has 0 aliphatic carbocycles. The van der Waals surface area contributed by atoms with Crippen molar-refractivity contribution in [1.29, 1.82) is 0 Å². The molecule has 0 saturated heterocycles. The van der Waals surface area contributed by atoms with Crippen molar-refractivity contribution in [2.75, 3.05) is 0 Å². The Balaban J connectivity index is 1.61. The Hall–Kier alpha value is -2.94. The minimum Gasteiger partial charge on any atom is -0.344 e. The zero-order valence-electron chi connectivity index (χ0n) is 15.1. The summed E-state index contributed by atoms with van der Waals surface area (Å²) in [6.45, 7) is 2.08. The number of benzene rings is 2. The van der Waals surface area contributed by atoms with Gasteiger partial charge in [0.25, 0.3) is 0 Å². The first-order valence-corrected chi connectivity index (χ1v) is 9.03. The third kappa shape index (κ3) is 5.03. The van der Waals surface area contributed by atoms with E-state index >= 15 is 0 Å². The van der Waals surface area contributed by atoms with Gasteiger partial charge in [0.15, 0.2) is 0 Å². The second kappa shape index (κ2) is 8.95. The number of nitrogens with zero attached hydrogens (tertiary/aromatic N) is 1. The van der Waals surface area contributed by atoms with Crippen LogP contribution in [0, 0.1) is 6.92 Å². The molecule has 1 N–H and O–H groups in total. The molecule has 1 heterocycles. The van der Waals surface area contributed by atoms with Crippen LogP contribution in [0.4, 0.5) is 0 Å². The van der Waals surface area contributed by atoms with Gasteiger partial charge in [0.05, 0.1) is 11.7 Å². The molecule has 0 aliphatic rings. The fourth-order valence-electron chi connectivity index (χ4n) is 2.96. The van der Waals surface area contributed by atoms with Crippen LogP contribution in [-0.2, 0) is 11.2 Å². The molecule has 26 heavy (non-hydrogen) atoms. The average Bonchev–Trinajstić information content (AvgIpc) is 2.69. The Labute approximate surface area is 155 Å². The SMILES string of the molecule is Cc1ccc(CCCC(=O)N[C@@H](c2ccccc2)c2ccccn2)cc1. The fourth-order valence-corrected chi connectivity index (χ4v) is 2.96. The highest BCUT2D eigenvalue weighted by Crippen LogP contribution is 2.20. The number of hydrogen-bond donors (Lipinski definition) is 1. The standard InChI is InChI=1S/C23H24N2O/c1-18-13-15-19(16-14-18)8-7-12-22(26)25-23(20-9-3-2-4-10-20)21-11-5-6-17-24-21/h2-6,9-11,13-17,23H,7-8,12H2,1H3,(H,25,26)/t23-/m0/s1. The van der Waals surface area contributed by atoms with E-state index in [4.69, 9.17) is 0 Å². The maximum atomic E-state index is 12.5. The summed E-state index contributed by atoms with van der Waals surface area (Å²) < 4.78 is 0. The molecule has 1 amide bonds. The molecule has 0 unspecified atom stereocenters. The molecule has 0 fully saturated rings. The van der Waals surface area contributed by atoms with Crippen LogP contribution in [0.2, 0.25) is 0 Å². The first-order chi connectivity index (χ1) is 12.7. The summed E-state index contributed by atoms with van der Waals surface area (Å²) in [7, 11) is 0. The van der Waals surface area contributed by atoms with Gasteiger partial charge in [-0.1, -0.05) is 66.2 Å². The van der Waals surface area contributed by atoms with Gasteiger partial charge < -0.3 is 5.32 Å². The first-order valence-electron chi connectivity index (χ1n) is 9.03. The van der Waals surface area contributed by atoms with E-state index in [0.717, 1.165) is 24.1 Å². The van der Waals surface area contributed by atoms with Crippen LogP contribution >= 0.6 is 0 Å². The van der Waals surface area contributed by atoms with Crippen molar-refractivity contribution in [3.05, 3.63) is 101 Å². The Morgan fingerprint density at radius 1 is 0.962 bits per heavy atom. The first kappa shape index (κ1) is 17.9. The highest BCUT2D eigenvalue weighted by Gasteiger charge is 2.17.